The molecule has 1 aliphatic heterocycles. The minimum absolute atomic E-state index is 0.0108. The predicted octanol–water partition coefficient (Wildman–Crippen LogP) is 2.72. The number of methoxy groups -OCH3 is 1. The fraction of sp³-hybridized carbons (Fsp3) is 0.278. The first kappa shape index (κ1) is 18.8. The molecule has 1 aliphatic rings. The summed E-state index contributed by atoms with van der Waals surface area (Å²) >= 11 is 0. The molecule has 1 atom stereocenters. The third-order valence-corrected chi connectivity index (χ3v) is 6.42. The van der Waals surface area contributed by atoms with Gasteiger partial charge in [0.1, 0.15) is 5.54 Å². The van der Waals surface area contributed by atoms with E-state index in [1.165, 1.54) is 37.4 Å². The predicted molar refractivity (Wildman–Crippen MR) is 97.4 cm³/mol. The van der Waals surface area contributed by atoms with Crippen molar-refractivity contribution in [3.63, 3.8) is 0 Å². The fourth-order valence-electron chi connectivity index (χ4n) is 3.08. The van der Waals surface area contributed by atoms with Crippen molar-refractivity contribution in [2.45, 2.75) is 35.1 Å². The highest BCUT2D eigenvalue weighted by Gasteiger charge is 2.38. The summed E-state index contributed by atoms with van der Waals surface area (Å²) in [5.41, 5.74) is 0.163. The maximum absolute atomic E-state index is 12.9. The quantitative estimate of drug-likeness (QED) is 0.485. The molecule has 0 saturated carbocycles. The Morgan fingerprint density at radius 3 is 2.59 bits per heavy atom. The van der Waals surface area contributed by atoms with Crippen molar-refractivity contribution >= 4 is 27.2 Å². The zero-order valence-electron chi connectivity index (χ0n) is 14.8. The number of carbonyl (C=O) groups is 1. The Kier molecular flexibility index (Phi) is 4.64. The molecule has 142 valence electrons. The molecule has 0 radical (unpaired) electrons. The third-order valence-electron chi connectivity index (χ3n) is 4.67. The lowest BCUT2D eigenvalue weighted by molar-refractivity contribution is -0.385. The Hall–Kier alpha value is -2.94. The van der Waals surface area contributed by atoms with E-state index >= 15 is 0 Å². The summed E-state index contributed by atoms with van der Waals surface area (Å²) in [6.45, 7) is 1.70. The largest absolute Gasteiger partial charge is 0.467 e. The van der Waals surface area contributed by atoms with Gasteiger partial charge in [-0.3, -0.25) is 10.1 Å². The molecular weight excluding hydrogens is 372 g/mol. The molecule has 0 spiro atoms. The number of nitro groups is 1. The van der Waals surface area contributed by atoms with Crippen molar-refractivity contribution in [3.05, 3.63) is 58.1 Å². The second kappa shape index (κ2) is 6.66. The third kappa shape index (κ3) is 3.37. The molecular formula is C18H18N2O6S. The fourth-order valence-corrected chi connectivity index (χ4v) is 4.41. The Bertz CT molecular complexity index is 1030. The summed E-state index contributed by atoms with van der Waals surface area (Å²) in [7, 11) is -2.65. The van der Waals surface area contributed by atoms with Gasteiger partial charge in [0.2, 0.25) is 9.84 Å². The number of esters is 1. The van der Waals surface area contributed by atoms with Gasteiger partial charge in [0.15, 0.2) is 0 Å². The lowest BCUT2D eigenvalue weighted by atomic mass is 9.88. The van der Waals surface area contributed by atoms with E-state index in [0.717, 1.165) is 11.6 Å². The molecule has 0 fully saturated rings. The van der Waals surface area contributed by atoms with Gasteiger partial charge in [0, 0.05) is 17.8 Å². The molecule has 1 unspecified atom stereocenters. The maximum Gasteiger partial charge on any atom is 0.331 e. The van der Waals surface area contributed by atoms with Crippen LogP contribution in [0.25, 0.3) is 0 Å². The van der Waals surface area contributed by atoms with Crippen LogP contribution in [0.15, 0.2) is 52.3 Å². The van der Waals surface area contributed by atoms with Gasteiger partial charge in [-0.15, -0.1) is 0 Å². The molecule has 3 rings (SSSR count). The number of nitrogens with zero attached hydrogens (tertiary/aromatic N) is 1. The van der Waals surface area contributed by atoms with Crippen molar-refractivity contribution in [1.29, 1.82) is 0 Å². The minimum atomic E-state index is -3.95. The summed E-state index contributed by atoms with van der Waals surface area (Å²) in [4.78, 5) is 22.1. The van der Waals surface area contributed by atoms with Gasteiger partial charge in [0.05, 0.1) is 21.8 Å². The molecule has 8 nitrogen and oxygen atoms in total. The smallest absolute Gasteiger partial charge is 0.331 e. The van der Waals surface area contributed by atoms with E-state index in [9.17, 15) is 23.3 Å². The van der Waals surface area contributed by atoms with Gasteiger partial charge >= 0.3 is 5.97 Å². The van der Waals surface area contributed by atoms with E-state index in [1.54, 1.807) is 13.0 Å². The van der Waals surface area contributed by atoms with Gasteiger partial charge < -0.3 is 10.1 Å². The molecule has 0 amide bonds. The second-order valence-corrected chi connectivity index (χ2v) is 8.48. The zero-order chi connectivity index (χ0) is 19.8. The van der Waals surface area contributed by atoms with Crippen LogP contribution in [0, 0.1) is 10.1 Å². The molecule has 2 aromatic carbocycles. The van der Waals surface area contributed by atoms with Crippen LogP contribution in [-0.2, 0) is 25.8 Å². The number of rotatable bonds is 4. The molecule has 0 bridgehead atoms. The van der Waals surface area contributed by atoms with Crippen LogP contribution in [-0.4, -0.2) is 32.0 Å². The van der Waals surface area contributed by atoms with Crippen molar-refractivity contribution in [3.8, 4) is 0 Å². The number of aryl methyl sites for hydroxylation is 1. The first-order valence-corrected chi connectivity index (χ1v) is 9.65. The average molecular weight is 390 g/mol. The molecule has 0 aliphatic carbocycles. The Morgan fingerprint density at radius 1 is 1.22 bits per heavy atom. The number of carbonyl (C=O) groups excluding carboxylic acids is 1. The highest BCUT2D eigenvalue weighted by atomic mass is 32.2. The van der Waals surface area contributed by atoms with Crippen LogP contribution < -0.4 is 5.32 Å². The highest BCUT2D eigenvalue weighted by Crippen LogP contribution is 2.34. The number of ether oxygens (including phenoxy) is 1. The van der Waals surface area contributed by atoms with Crippen LogP contribution >= 0.6 is 0 Å². The Labute approximate surface area is 156 Å². The zero-order valence-corrected chi connectivity index (χ0v) is 15.6. The number of anilines is 1. The van der Waals surface area contributed by atoms with Crippen molar-refractivity contribution in [2.24, 2.45) is 0 Å². The van der Waals surface area contributed by atoms with E-state index in [4.69, 9.17) is 4.74 Å². The van der Waals surface area contributed by atoms with Crippen LogP contribution in [0.4, 0.5) is 11.4 Å². The van der Waals surface area contributed by atoms with Gasteiger partial charge in [0.25, 0.3) is 5.69 Å². The minimum Gasteiger partial charge on any atom is -0.467 e. The van der Waals surface area contributed by atoms with Crippen molar-refractivity contribution in [2.75, 3.05) is 12.4 Å². The number of sulfone groups is 1. The number of hydrogen-bond donors (Lipinski definition) is 1. The van der Waals surface area contributed by atoms with Crippen LogP contribution in [0.1, 0.15) is 18.9 Å². The molecule has 2 aromatic rings. The molecule has 0 saturated heterocycles. The Balaban J connectivity index is 2.02. The summed E-state index contributed by atoms with van der Waals surface area (Å²) in [5.74, 6) is -0.430. The van der Waals surface area contributed by atoms with Crippen molar-refractivity contribution in [1.82, 2.24) is 0 Å². The van der Waals surface area contributed by atoms with Gasteiger partial charge in [-0.2, -0.15) is 0 Å². The average Bonchev–Trinajstić information content (AvgIpc) is 2.66. The number of hydrogen-bond acceptors (Lipinski definition) is 7. The van der Waals surface area contributed by atoms with Crippen molar-refractivity contribution < 1.29 is 22.9 Å². The lowest BCUT2D eigenvalue weighted by Crippen LogP contribution is -2.47. The molecule has 27 heavy (non-hydrogen) atoms. The SMILES string of the molecule is COC(=O)C1(C)CCc2ccc(S(=O)(=O)c3cccc([N+](=O)[O-])c3)cc2N1. The van der Waals surface area contributed by atoms with Crippen LogP contribution in [0.3, 0.4) is 0 Å². The summed E-state index contributed by atoms with van der Waals surface area (Å²) in [5, 5.41) is 14.0. The molecule has 1 heterocycles. The Morgan fingerprint density at radius 2 is 1.93 bits per heavy atom. The number of fused-ring (bicyclic) bond motifs is 1. The number of nitro benzene ring substituents is 1. The standard InChI is InChI=1S/C18H18N2O6S/c1-18(17(21)26-2)9-8-12-6-7-15(11-16(12)19-18)27(24,25)14-5-3-4-13(10-14)20(22)23/h3-7,10-11,19H,8-9H2,1-2H3. The second-order valence-electron chi connectivity index (χ2n) is 6.53. The van der Waals surface area contributed by atoms with Gasteiger partial charge in [-0.25, -0.2) is 13.2 Å². The molecule has 9 heteroatoms. The van der Waals surface area contributed by atoms with E-state index in [1.807, 2.05) is 0 Å². The first-order chi connectivity index (χ1) is 12.7. The number of non-ortho nitro benzene ring substituents is 1. The normalized spacial score (nSPS) is 18.9. The van der Waals surface area contributed by atoms with E-state index in [2.05, 4.69) is 5.32 Å². The molecule has 0 aromatic heterocycles. The maximum atomic E-state index is 12.9. The van der Waals surface area contributed by atoms with E-state index < -0.39 is 26.3 Å². The summed E-state index contributed by atoms with van der Waals surface area (Å²) < 4.78 is 30.6. The monoisotopic (exact) mass is 390 g/mol. The van der Waals surface area contributed by atoms with Crippen LogP contribution in [0.2, 0.25) is 0 Å². The van der Waals surface area contributed by atoms with E-state index in [-0.39, 0.29) is 15.5 Å². The number of nitrogens with one attached hydrogen (secondary N) is 1. The first-order valence-electron chi connectivity index (χ1n) is 8.16. The van der Waals surface area contributed by atoms with E-state index in [0.29, 0.717) is 18.5 Å². The summed E-state index contributed by atoms with van der Waals surface area (Å²) in [6.07, 6.45) is 1.11. The lowest BCUT2D eigenvalue weighted by Gasteiger charge is -2.34. The molecule has 1 N–H and O–H groups in total. The van der Waals surface area contributed by atoms with Gasteiger partial charge in [-0.1, -0.05) is 12.1 Å². The number of benzene rings is 2. The van der Waals surface area contributed by atoms with Crippen LogP contribution in [0.5, 0.6) is 0 Å². The topological polar surface area (TPSA) is 116 Å². The van der Waals surface area contributed by atoms with Gasteiger partial charge in [-0.05, 0) is 43.5 Å². The summed E-state index contributed by atoms with van der Waals surface area (Å²) in [6, 6.07) is 9.50. The highest BCUT2D eigenvalue weighted by molar-refractivity contribution is 7.91.